The van der Waals surface area contributed by atoms with Crippen molar-refractivity contribution in [3.8, 4) is 0 Å². The van der Waals surface area contributed by atoms with Gasteiger partial charge in [-0.2, -0.15) is 0 Å². The third-order valence-corrected chi connectivity index (χ3v) is 1.27. The summed E-state index contributed by atoms with van der Waals surface area (Å²) in [5.41, 5.74) is 1.91. The molecule has 0 amide bonds. The van der Waals surface area contributed by atoms with E-state index in [1.807, 2.05) is 13.8 Å². The predicted octanol–water partition coefficient (Wildman–Crippen LogP) is 0.984. The van der Waals surface area contributed by atoms with Gasteiger partial charge in [-0.15, -0.1) is 0 Å². The number of aromatic nitrogens is 2. The SMILES string of the molecule is Cc1nc(N=NN)[nH]c1C. The number of nitrogens with one attached hydrogen (secondary N) is 1. The predicted molar refractivity (Wildman–Crippen MR) is 36.8 cm³/mol. The van der Waals surface area contributed by atoms with Crippen molar-refractivity contribution < 1.29 is 0 Å². The quantitative estimate of drug-likeness (QED) is 0.345. The molecule has 0 aliphatic rings. The van der Waals surface area contributed by atoms with E-state index in [-0.39, 0.29) is 0 Å². The van der Waals surface area contributed by atoms with Gasteiger partial charge in [0.1, 0.15) is 0 Å². The van der Waals surface area contributed by atoms with Gasteiger partial charge in [-0.05, 0) is 13.8 Å². The zero-order valence-electron chi connectivity index (χ0n) is 5.92. The Morgan fingerprint density at radius 2 is 2.20 bits per heavy atom. The summed E-state index contributed by atoms with van der Waals surface area (Å²) in [4.78, 5) is 6.90. The molecule has 3 N–H and O–H groups in total. The Morgan fingerprint density at radius 1 is 1.50 bits per heavy atom. The largest absolute Gasteiger partial charge is 0.325 e. The second-order valence-corrected chi connectivity index (χ2v) is 1.99. The maximum atomic E-state index is 4.82. The molecule has 0 bridgehead atoms. The molecule has 0 radical (unpaired) electrons. The van der Waals surface area contributed by atoms with Crippen LogP contribution in [0.2, 0.25) is 0 Å². The van der Waals surface area contributed by atoms with Gasteiger partial charge in [0.15, 0.2) is 0 Å². The zero-order chi connectivity index (χ0) is 7.56. The minimum Gasteiger partial charge on any atom is -0.325 e. The zero-order valence-corrected chi connectivity index (χ0v) is 5.92. The smallest absolute Gasteiger partial charge is 0.248 e. The minimum absolute atomic E-state index is 0.456. The van der Waals surface area contributed by atoms with E-state index in [0.717, 1.165) is 11.4 Å². The third kappa shape index (κ3) is 1.12. The fraction of sp³-hybridized carbons (Fsp3) is 0.400. The van der Waals surface area contributed by atoms with Crippen molar-refractivity contribution in [1.29, 1.82) is 0 Å². The summed E-state index contributed by atoms with van der Waals surface area (Å²) in [6.07, 6.45) is 0. The van der Waals surface area contributed by atoms with Crippen LogP contribution in [0.3, 0.4) is 0 Å². The Labute approximate surface area is 58.3 Å². The van der Waals surface area contributed by atoms with Gasteiger partial charge in [0.25, 0.3) is 0 Å². The molecule has 5 heteroatoms. The molecule has 54 valence electrons. The van der Waals surface area contributed by atoms with E-state index >= 15 is 0 Å². The van der Waals surface area contributed by atoms with E-state index in [2.05, 4.69) is 20.3 Å². The number of hydrogen-bond acceptors (Lipinski definition) is 3. The fourth-order valence-corrected chi connectivity index (χ4v) is 0.631. The maximum Gasteiger partial charge on any atom is 0.248 e. The molecule has 0 aliphatic heterocycles. The van der Waals surface area contributed by atoms with Crippen LogP contribution in [0.25, 0.3) is 0 Å². The Hall–Kier alpha value is -1.39. The molecule has 0 saturated carbocycles. The number of hydrogen-bond donors (Lipinski definition) is 2. The average Bonchev–Trinajstić information content (AvgIpc) is 2.14. The van der Waals surface area contributed by atoms with E-state index in [4.69, 9.17) is 5.84 Å². The van der Waals surface area contributed by atoms with E-state index in [0.29, 0.717) is 5.95 Å². The van der Waals surface area contributed by atoms with Gasteiger partial charge in [-0.3, -0.25) is 0 Å². The van der Waals surface area contributed by atoms with Gasteiger partial charge in [-0.25, -0.2) is 4.98 Å². The van der Waals surface area contributed by atoms with Crippen molar-refractivity contribution in [1.82, 2.24) is 9.97 Å². The van der Waals surface area contributed by atoms with Crippen molar-refractivity contribution >= 4 is 5.95 Å². The highest BCUT2D eigenvalue weighted by Gasteiger charge is 1.98. The molecule has 1 rings (SSSR count). The van der Waals surface area contributed by atoms with E-state index < -0.39 is 0 Å². The first kappa shape index (κ1) is 6.73. The molecule has 0 unspecified atom stereocenters. The van der Waals surface area contributed by atoms with Crippen LogP contribution in [0.1, 0.15) is 11.4 Å². The van der Waals surface area contributed by atoms with Crippen molar-refractivity contribution in [2.75, 3.05) is 0 Å². The van der Waals surface area contributed by atoms with Crippen molar-refractivity contribution in [3.63, 3.8) is 0 Å². The van der Waals surface area contributed by atoms with Crippen LogP contribution >= 0.6 is 0 Å². The second-order valence-electron chi connectivity index (χ2n) is 1.99. The van der Waals surface area contributed by atoms with Gasteiger partial charge < -0.3 is 10.8 Å². The lowest BCUT2D eigenvalue weighted by atomic mass is 10.4. The molecule has 0 saturated heterocycles. The normalized spacial score (nSPS) is 11.0. The Bertz CT molecular complexity index is 229. The lowest BCUT2D eigenvalue weighted by Gasteiger charge is -1.79. The Morgan fingerprint density at radius 3 is 2.60 bits per heavy atom. The summed E-state index contributed by atoms with van der Waals surface area (Å²) >= 11 is 0. The second kappa shape index (κ2) is 2.47. The molecule has 0 fully saturated rings. The number of nitrogens with two attached hydrogens (primary N) is 1. The number of imidazole rings is 1. The van der Waals surface area contributed by atoms with Crippen LogP contribution in [-0.4, -0.2) is 9.97 Å². The van der Waals surface area contributed by atoms with Gasteiger partial charge in [0, 0.05) is 5.69 Å². The van der Waals surface area contributed by atoms with Crippen molar-refractivity contribution in [3.05, 3.63) is 11.4 Å². The molecule has 1 aromatic heterocycles. The van der Waals surface area contributed by atoms with Crippen LogP contribution in [0.15, 0.2) is 10.3 Å². The standard InChI is InChI=1S/C5H9N5/c1-3-4(2)8-5(7-3)9-10-6/h1-2H3,(H3,6,7,8,9). The van der Waals surface area contributed by atoms with Gasteiger partial charge in [-0.1, -0.05) is 10.3 Å². The Kier molecular flexibility index (Phi) is 1.66. The van der Waals surface area contributed by atoms with Crippen molar-refractivity contribution in [2.24, 2.45) is 16.2 Å². The van der Waals surface area contributed by atoms with Crippen LogP contribution in [0.5, 0.6) is 0 Å². The molecule has 0 aromatic carbocycles. The number of H-pyrrole nitrogens is 1. The number of aryl methyl sites for hydroxylation is 2. The van der Waals surface area contributed by atoms with E-state index in [1.165, 1.54) is 0 Å². The number of rotatable bonds is 1. The van der Waals surface area contributed by atoms with E-state index in [1.54, 1.807) is 0 Å². The monoisotopic (exact) mass is 139 g/mol. The molecule has 1 heterocycles. The summed E-state index contributed by atoms with van der Waals surface area (Å²) in [6, 6.07) is 0. The summed E-state index contributed by atoms with van der Waals surface area (Å²) < 4.78 is 0. The first-order valence-corrected chi connectivity index (χ1v) is 2.88. The highest BCUT2D eigenvalue weighted by molar-refractivity contribution is 5.22. The first-order chi connectivity index (χ1) is 4.74. The van der Waals surface area contributed by atoms with Gasteiger partial charge >= 0.3 is 0 Å². The summed E-state index contributed by atoms with van der Waals surface area (Å²) in [7, 11) is 0. The highest BCUT2D eigenvalue weighted by Crippen LogP contribution is 2.09. The fourth-order valence-electron chi connectivity index (χ4n) is 0.631. The van der Waals surface area contributed by atoms with Gasteiger partial charge in [0.05, 0.1) is 5.69 Å². The molecule has 1 aromatic rings. The highest BCUT2D eigenvalue weighted by atomic mass is 15.3. The average molecular weight is 139 g/mol. The number of nitrogens with zero attached hydrogens (tertiary/aromatic N) is 3. The number of aromatic amines is 1. The lowest BCUT2D eigenvalue weighted by Crippen LogP contribution is -1.74. The maximum absolute atomic E-state index is 4.82. The molecular formula is C5H9N5. The topological polar surface area (TPSA) is 79.4 Å². The lowest BCUT2D eigenvalue weighted by molar-refractivity contribution is 1.01. The third-order valence-electron chi connectivity index (χ3n) is 1.27. The molecular weight excluding hydrogens is 130 g/mol. The summed E-state index contributed by atoms with van der Waals surface area (Å²) in [5, 5.41) is 6.62. The van der Waals surface area contributed by atoms with Crippen LogP contribution in [0.4, 0.5) is 5.95 Å². The van der Waals surface area contributed by atoms with Crippen LogP contribution in [0, 0.1) is 13.8 Å². The molecule has 0 atom stereocenters. The van der Waals surface area contributed by atoms with Crippen LogP contribution < -0.4 is 5.84 Å². The minimum atomic E-state index is 0.456. The Balaban J connectivity index is 2.98. The first-order valence-electron chi connectivity index (χ1n) is 2.88. The molecule has 0 spiro atoms. The molecule has 0 aliphatic carbocycles. The molecule has 10 heavy (non-hydrogen) atoms. The van der Waals surface area contributed by atoms with E-state index in [9.17, 15) is 0 Å². The van der Waals surface area contributed by atoms with Crippen LogP contribution in [-0.2, 0) is 0 Å². The summed E-state index contributed by atoms with van der Waals surface area (Å²) in [6.45, 7) is 3.80. The molecule has 5 nitrogen and oxygen atoms in total. The summed E-state index contributed by atoms with van der Waals surface area (Å²) in [5.74, 6) is 5.27. The van der Waals surface area contributed by atoms with Gasteiger partial charge in [0.2, 0.25) is 5.95 Å². The van der Waals surface area contributed by atoms with Crippen molar-refractivity contribution in [2.45, 2.75) is 13.8 Å².